The Bertz CT molecular complexity index is 181. The number of nitrogens with two attached hydrogens (primary N) is 2. The standard InChI is InChI=1S/C11H26N2O2Si/c1-14-16-11(5-2-3-7-15-11)8-10(9-13)4-6-12/h10H,2-9,12-13,16H2,1H3. The van der Waals surface area contributed by atoms with Crippen molar-refractivity contribution in [3.63, 3.8) is 0 Å². The lowest BCUT2D eigenvalue weighted by atomic mass is 9.93. The molecule has 96 valence electrons. The van der Waals surface area contributed by atoms with Gasteiger partial charge in [0.25, 0.3) is 0 Å². The summed E-state index contributed by atoms with van der Waals surface area (Å²) in [5.41, 5.74) is 11.4. The van der Waals surface area contributed by atoms with Gasteiger partial charge in [0.2, 0.25) is 0 Å². The van der Waals surface area contributed by atoms with E-state index in [1.165, 1.54) is 12.8 Å². The molecule has 1 aliphatic heterocycles. The highest BCUT2D eigenvalue weighted by Gasteiger charge is 2.35. The minimum atomic E-state index is -0.619. The lowest BCUT2D eigenvalue weighted by molar-refractivity contribution is -0.0423. The molecule has 16 heavy (non-hydrogen) atoms. The molecule has 2 unspecified atom stereocenters. The molecule has 5 heteroatoms. The van der Waals surface area contributed by atoms with Gasteiger partial charge in [-0.25, -0.2) is 0 Å². The Labute approximate surface area is 101 Å². The maximum Gasteiger partial charge on any atom is 0.193 e. The van der Waals surface area contributed by atoms with Gasteiger partial charge in [-0.3, -0.25) is 0 Å². The molecule has 1 rings (SSSR count). The fourth-order valence-electron chi connectivity index (χ4n) is 2.57. The van der Waals surface area contributed by atoms with Crippen LogP contribution in [0.3, 0.4) is 0 Å². The molecule has 1 fully saturated rings. The van der Waals surface area contributed by atoms with E-state index in [4.69, 9.17) is 20.6 Å². The number of rotatable bonds is 7. The van der Waals surface area contributed by atoms with Crippen molar-refractivity contribution in [3.05, 3.63) is 0 Å². The van der Waals surface area contributed by atoms with E-state index in [0.717, 1.165) is 25.9 Å². The summed E-state index contributed by atoms with van der Waals surface area (Å²) in [5.74, 6) is 0.491. The first-order valence-corrected chi connectivity index (χ1v) is 7.58. The number of ether oxygens (including phenoxy) is 1. The molecule has 0 aliphatic carbocycles. The fraction of sp³-hybridized carbons (Fsp3) is 1.00. The molecule has 4 nitrogen and oxygen atoms in total. The van der Waals surface area contributed by atoms with Crippen molar-refractivity contribution in [2.75, 3.05) is 26.8 Å². The van der Waals surface area contributed by atoms with Gasteiger partial charge in [-0.15, -0.1) is 0 Å². The smallest absolute Gasteiger partial charge is 0.193 e. The second-order valence-electron chi connectivity index (χ2n) is 4.80. The van der Waals surface area contributed by atoms with Gasteiger partial charge >= 0.3 is 0 Å². The predicted molar refractivity (Wildman–Crippen MR) is 68.9 cm³/mol. The molecule has 0 spiro atoms. The highest BCUT2D eigenvalue weighted by atomic mass is 28.2. The molecule has 0 amide bonds. The summed E-state index contributed by atoms with van der Waals surface area (Å²) in [6, 6.07) is 0. The summed E-state index contributed by atoms with van der Waals surface area (Å²) in [6.45, 7) is 2.31. The van der Waals surface area contributed by atoms with Gasteiger partial charge in [0.15, 0.2) is 9.76 Å². The molecule has 0 bridgehead atoms. The predicted octanol–water partition coefficient (Wildman–Crippen LogP) is -0.0728. The van der Waals surface area contributed by atoms with Crippen molar-refractivity contribution in [1.29, 1.82) is 0 Å². The molecule has 1 aliphatic rings. The first-order chi connectivity index (χ1) is 7.76. The van der Waals surface area contributed by atoms with Crippen LogP contribution < -0.4 is 11.5 Å². The molecule has 0 aromatic rings. The molecule has 4 N–H and O–H groups in total. The van der Waals surface area contributed by atoms with E-state index in [-0.39, 0.29) is 5.22 Å². The van der Waals surface area contributed by atoms with Crippen molar-refractivity contribution < 1.29 is 9.16 Å². The van der Waals surface area contributed by atoms with Crippen LogP contribution in [-0.2, 0) is 9.16 Å². The summed E-state index contributed by atoms with van der Waals surface area (Å²) in [6.07, 6.45) is 5.63. The van der Waals surface area contributed by atoms with Crippen LogP contribution >= 0.6 is 0 Å². The quantitative estimate of drug-likeness (QED) is 0.617. The maximum atomic E-state index is 6.02. The minimum Gasteiger partial charge on any atom is -0.424 e. The van der Waals surface area contributed by atoms with E-state index in [9.17, 15) is 0 Å². The van der Waals surface area contributed by atoms with Crippen molar-refractivity contribution in [3.8, 4) is 0 Å². The largest absolute Gasteiger partial charge is 0.424 e. The Hall–Kier alpha value is 0.0569. The van der Waals surface area contributed by atoms with Gasteiger partial charge in [-0.05, 0) is 51.1 Å². The SMILES string of the molecule is CO[SiH2]C1(CC(CN)CCN)CCCCO1. The van der Waals surface area contributed by atoms with Crippen molar-refractivity contribution >= 4 is 9.76 Å². The number of hydrogen-bond donors (Lipinski definition) is 2. The van der Waals surface area contributed by atoms with Crippen LogP contribution in [0.2, 0.25) is 0 Å². The third-order valence-electron chi connectivity index (χ3n) is 3.41. The topological polar surface area (TPSA) is 70.5 Å². The summed E-state index contributed by atoms with van der Waals surface area (Å²) in [7, 11) is 1.18. The summed E-state index contributed by atoms with van der Waals surface area (Å²) in [5, 5.41) is 0.0339. The molecule has 2 atom stereocenters. The monoisotopic (exact) mass is 246 g/mol. The first-order valence-electron chi connectivity index (χ1n) is 6.29. The average molecular weight is 246 g/mol. The van der Waals surface area contributed by atoms with Crippen LogP contribution in [-0.4, -0.2) is 41.8 Å². The Morgan fingerprint density at radius 1 is 1.44 bits per heavy atom. The Kier molecular flexibility index (Phi) is 6.53. The van der Waals surface area contributed by atoms with E-state index < -0.39 is 9.76 Å². The molecular formula is C11H26N2O2Si. The van der Waals surface area contributed by atoms with Gasteiger partial charge in [0.1, 0.15) is 0 Å². The lowest BCUT2D eigenvalue weighted by Crippen LogP contribution is -2.46. The molecule has 1 saturated heterocycles. The second-order valence-corrected chi connectivity index (χ2v) is 6.96. The van der Waals surface area contributed by atoms with Crippen molar-refractivity contribution in [2.45, 2.75) is 37.3 Å². The van der Waals surface area contributed by atoms with Gasteiger partial charge in [0.05, 0.1) is 5.22 Å². The second kappa shape index (κ2) is 7.40. The van der Waals surface area contributed by atoms with E-state index in [1.54, 1.807) is 7.11 Å². The lowest BCUT2D eigenvalue weighted by Gasteiger charge is -2.38. The Morgan fingerprint density at radius 2 is 2.25 bits per heavy atom. The highest BCUT2D eigenvalue weighted by molar-refractivity contribution is 6.31. The Morgan fingerprint density at radius 3 is 2.75 bits per heavy atom. The van der Waals surface area contributed by atoms with E-state index in [2.05, 4.69) is 0 Å². The van der Waals surface area contributed by atoms with Gasteiger partial charge < -0.3 is 20.6 Å². The summed E-state index contributed by atoms with van der Waals surface area (Å²) < 4.78 is 11.5. The normalized spacial score (nSPS) is 28.7. The number of hydrogen-bond acceptors (Lipinski definition) is 4. The van der Waals surface area contributed by atoms with Crippen molar-refractivity contribution in [1.82, 2.24) is 0 Å². The summed E-state index contributed by atoms with van der Waals surface area (Å²) in [4.78, 5) is 0. The van der Waals surface area contributed by atoms with Crippen LogP contribution in [0.5, 0.6) is 0 Å². The fourth-order valence-corrected chi connectivity index (χ4v) is 4.25. The molecular weight excluding hydrogens is 220 g/mol. The maximum absolute atomic E-state index is 6.02. The first kappa shape index (κ1) is 14.1. The zero-order valence-corrected chi connectivity index (χ0v) is 11.8. The van der Waals surface area contributed by atoms with Crippen LogP contribution in [0.15, 0.2) is 0 Å². The van der Waals surface area contributed by atoms with Crippen LogP contribution in [0, 0.1) is 5.92 Å². The molecule has 0 aromatic carbocycles. The van der Waals surface area contributed by atoms with Crippen LogP contribution in [0.4, 0.5) is 0 Å². The van der Waals surface area contributed by atoms with Gasteiger partial charge in [0, 0.05) is 13.7 Å². The molecule has 0 saturated carbocycles. The van der Waals surface area contributed by atoms with E-state index in [0.29, 0.717) is 19.0 Å². The van der Waals surface area contributed by atoms with Crippen LogP contribution in [0.1, 0.15) is 32.1 Å². The molecule has 0 radical (unpaired) electrons. The summed E-state index contributed by atoms with van der Waals surface area (Å²) >= 11 is 0. The Balaban J connectivity index is 2.53. The minimum absolute atomic E-state index is 0.0339. The van der Waals surface area contributed by atoms with Gasteiger partial charge in [-0.1, -0.05) is 0 Å². The zero-order chi connectivity index (χ0) is 11.9. The average Bonchev–Trinajstić information content (AvgIpc) is 2.30. The molecule has 1 heterocycles. The van der Waals surface area contributed by atoms with Gasteiger partial charge in [-0.2, -0.15) is 0 Å². The van der Waals surface area contributed by atoms with E-state index in [1.807, 2.05) is 0 Å². The highest BCUT2D eigenvalue weighted by Crippen LogP contribution is 2.31. The van der Waals surface area contributed by atoms with Crippen molar-refractivity contribution in [2.24, 2.45) is 17.4 Å². The molecule has 0 aromatic heterocycles. The third kappa shape index (κ3) is 4.14. The third-order valence-corrected chi connectivity index (χ3v) is 5.07. The van der Waals surface area contributed by atoms with Crippen LogP contribution in [0.25, 0.3) is 0 Å². The van der Waals surface area contributed by atoms with E-state index >= 15 is 0 Å². The zero-order valence-electron chi connectivity index (χ0n) is 10.4.